The molecule has 1 N–H and O–H groups in total. The Balaban J connectivity index is 3.20. The summed E-state index contributed by atoms with van der Waals surface area (Å²) in [5.74, 6) is -10.5. The minimum Gasteiger partial charge on any atom is -0.475 e. The molecule has 0 aromatic heterocycles. The molecule has 4 nitrogen and oxygen atoms in total. The smallest absolute Gasteiger partial charge is 0.475 e. The summed E-state index contributed by atoms with van der Waals surface area (Å²) in [6.07, 6.45) is -11.5. The third kappa shape index (κ3) is 1.96. The first-order valence-electron chi connectivity index (χ1n) is 3.57. The zero-order chi connectivity index (χ0) is 13.6. The molecule has 0 saturated carbocycles. The summed E-state index contributed by atoms with van der Waals surface area (Å²) in [5.41, 5.74) is 0. The second-order valence-electron chi connectivity index (χ2n) is 2.72. The van der Waals surface area contributed by atoms with Crippen molar-refractivity contribution in [1.29, 1.82) is 0 Å². The highest BCUT2D eigenvalue weighted by Gasteiger charge is 2.73. The monoisotopic (exact) mass is 270 g/mol. The average Bonchev–Trinajstić information content (AvgIpc) is 2.41. The fraction of sp³-hybridized carbons (Fsp3) is 0.500. The van der Waals surface area contributed by atoms with Gasteiger partial charge >= 0.3 is 30.1 Å². The Morgan fingerprint density at radius 2 is 1.59 bits per heavy atom. The molecule has 98 valence electrons. The third-order valence-corrected chi connectivity index (χ3v) is 1.57. The lowest BCUT2D eigenvalue weighted by atomic mass is 10.3. The van der Waals surface area contributed by atoms with Crippen LogP contribution in [0.5, 0.6) is 0 Å². The number of rotatable bonds is 1. The van der Waals surface area contributed by atoms with E-state index < -0.39 is 35.9 Å². The van der Waals surface area contributed by atoms with Crippen molar-refractivity contribution in [2.75, 3.05) is 0 Å². The van der Waals surface area contributed by atoms with E-state index in [9.17, 15) is 35.5 Å². The van der Waals surface area contributed by atoms with Gasteiger partial charge in [-0.05, 0) is 0 Å². The van der Waals surface area contributed by atoms with E-state index in [0.717, 1.165) is 0 Å². The maximum atomic E-state index is 12.5. The highest BCUT2D eigenvalue weighted by atomic mass is 19.4. The molecule has 1 heterocycles. The molecular formula is C6HF7O4. The van der Waals surface area contributed by atoms with E-state index in [0.29, 0.717) is 0 Å². The van der Waals surface area contributed by atoms with Crippen molar-refractivity contribution in [2.24, 2.45) is 0 Å². The van der Waals surface area contributed by atoms with Gasteiger partial charge in [-0.2, -0.15) is 30.7 Å². The van der Waals surface area contributed by atoms with E-state index in [2.05, 4.69) is 9.47 Å². The molecule has 0 fully saturated rings. The maximum Gasteiger partial charge on any atom is 0.480 e. The average molecular weight is 270 g/mol. The minimum absolute atomic E-state index is 2.78. The van der Waals surface area contributed by atoms with Crippen LogP contribution in [0.2, 0.25) is 0 Å². The molecule has 17 heavy (non-hydrogen) atoms. The number of hydrogen-bond donors (Lipinski definition) is 1. The second kappa shape index (κ2) is 3.40. The van der Waals surface area contributed by atoms with Crippen LogP contribution in [-0.4, -0.2) is 29.2 Å². The van der Waals surface area contributed by atoms with E-state index in [1.54, 1.807) is 0 Å². The van der Waals surface area contributed by atoms with E-state index >= 15 is 0 Å². The molecule has 0 radical (unpaired) electrons. The van der Waals surface area contributed by atoms with Crippen LogP contribution in [0.15, 0.2) is 11.8 Å². The molecule has 0 saturated heterocycles. The zero-order valence-electron chi connectivity index (χ0n) is 7.32. The lowest BCUT2D eigenvalue weighted by Gasteiger charge is -2.25. The second-order valence-corrected chi connectivity index (χ2v) is 2.72. The largest absolute Gasteiger partial charge is 0.480 e. The van der Waals surface area contributed by atoms with E-state index in [-0.39, 0.29) is 0 Å². The lowest BCUT2D eigenvalue weighted by molar-refractivity contribution is -0.337. The molecule has 1 rings (SSSR count). The van der Waals surface area contributed by atoms with E-state index in [1.807, 2.05) is 0 Å². The highest BCUT2D eigenvalue weighted by molar-refractivity contribution is 5.77. The van der Waals surface area contributed by atoms with Crippen molar-refractivity contribution in [1.82, 2.24) is 0 Å². The van der Waals surface area contributed by atoms with E-state index in [4.69, 9.17) is 5.11 Å². The van der Waals surface area contributed by atoms with Gasteiger partial charge in [-0.1, -0.05) is 0 Å². The molecule has 0 bridgehead atoms. The molecule has 11 heteroatoms. The van der Waals surface area contributed by atoms with Crippen LogP contribution in [0.3, 0.4) is 0 Å². The molecule has 0 aliphatic carbocycles. The summed E-state index contributed by atoms with van der Waals surface area (Å²) in [6.45, 7) is 0. The van der Waals surface area contributed by atoms with Crippen molar-refractivity contribution in [3.8, 4) is 0 Å². The fourth-order valence-corrected chi connectivity index (χ4v) is 0.871. The normalized spacial score (nSPS) is 25.6. The van der Waals surface area contributed by atoms with Gasteiger partial charge in [0.1, 0.15) is 0 Å². The lowest BCUT2D eigenvalue weighted by Crippen LogP contribution is -2.53. The Hall–Kier alpha value is -1.68. The Labute approximate surface area is 87.2 Å². The van der Waals surface area contributed by atoms with Crippen molar-refractivity contribution < 1.29 is 50.1 Å². The predicted molar refractivity (Wildman–Crippen MR) is 32.8 cm³/mol. The standard InChI is InChI=1S/C6HF7O4/c7-2-1(5(8,9)10)16-4(17-2,3(14)15)6(11,12)13/h(H,14,15). The first kappa shape index (κ1) is 13.4. The van der Waals surface area contributed by atoms with Crippen LogP contribution < -0.4 is 0 Å². The van der Waals surface area contributed by atoms with Crippen LogP contribution in [0.1, 0.15) is 0 Å². The number of hydrogen-bond acceptors (Lipinski definition) is 3. The van der Waals surface area contributed by atoms with Crippen LogP contribution >= 0.6 is 0 Å². The van der Waals surface area contributed by atoms with Gasteiger partial charge in [-0.25, -0.2) is 4.79 Å². The van der Waals surface area contributed by atoms with Crippen molar-refractivity contribution in [3.63, 3.8) is 0 Å². The Kier molecular flexibility index (Phi) is 2.68. The molecular weight excluding hydrogens is 269 g/mol. The van der Waals surface area contributed by atoms with Gasteiger partial charge < -0.3 is 14.6 Å². The molecule has 1 atom stereocenters. The number of ether oxygens (including phenoxy) is 2. The van der Waals surface area contributed by atoms with Crippen LogP contribution in [0, 0.1) is 0 Å². The fourth-order valence-electron chi connectivity index (χ4n) is 0.871. The number of carboxylic acids is 1. The van der Waals surface area contributed by atoms with Gasteiger partial charge in [0.05, 0.1) is 0 Å². The number of aliphatic carboxylic acids is 1. The molecule has 0 aromatic rings. The number of allylic oxidation sites excluding steroid dienone is 1. The summed E-state index contributed by atoms with van der Waals surface area (Å²) in [4.78, 5) is 10.3. The summed E-state index contributed by atoms with van der Waals surface area (Å²) < 4.78 is 91.1. The van der Waals surface area contributed by atoms with Crippen LogP contribution in [-0.2, 0) is 14.3 Å². The summed E-state index contributed by atoms with van der Waals surface area (Å²) >= 11 is 0. The Bertz CT molecular complexity index is 381. The van der Waals surface area contributed by atoms with Crippen molar-refractivity contribution >= 4 is 5.97 Å². The number of carbonyl (C=O) groups is 1. The van der Waals surface area contributed by atoms with Gasteiger partial charge in [-0.3, -0.25) is 0 Å². The molecule has 1 aliphatic rings. The number of halogens is 7. The molecule has 0 aromatic carbocycles. The topological polar surface area (TPSA) is 55.8 Å². The van der Waals surface area contributed by atoms with E-state index in [1.165, 1.54) is 0 Å². The van der Waals surface area contributed by atoms with Gasteiger partial charge in [0.15, 0.2) is 0 Å². The van der Waals surface area contributed by atoms with Gasteiger partial charge in [0, 0.05) is 0 Å². The molecule has 0 amide bonds. The first-order chi connectivity index (χ1) is 7.42. The molecule has 1 unspecified atom stereocenters. The Morgan fingerprint density at radius 1 is 1.12 bits per heavy atom. The van der Waals surface area contributed by atoms with Gasteiger partial charge in [0.2, 0.25) is 0 Å². The minimum atomic E-state index is -5.90. The zero-order valence-corrected chi connectivity index (χ0v) is 7.32. The van der Waals surface area contributed by atoms with Crippen molar-refractivity contribution in [2.45, 2.75) is 18.1 Å². The Morgan fingerprint density at radius 3 is 1.76 bits per heavy atom. The first-order valence-corrected chi connectivity index (χ1v) is 3.57. The van der Waals surface area contributed by atoms with Crippen molar-refractivity contribution in [3.05, 3.63) is 11.8 Å². The predicted octanol–water partition coefficient (Wildman–Crippen LogP) is 2.08. The van der Waals surface area contributed by atoms with Gasteiger partial charge in [0.25, 0.3) is 5.76 Å². The summed E-state index contributed by atoms with van der Waals surface area (Å²) in [5, 5.41) is 8.17. The molecule has 1 aliphatic heterocycles. The molecule has 0 spiro atoms. The highest BCUT2D eigenvalue weighted by Crippen LogP contribution is 2.47. The van der Waals surface area contributed by atoms with Crippen LogP contribution in [0.4, 0.5) is 30.7 Å². The van der Waals surface area contributed by atoms with Crippen LogP contribution in [0.25, 0.3) is 0 Å². The number of alkyl halides is 6. The maximum absolute atomic E-state index is 12.5. The summed E-state index contributed by atoms with van der Waals surface area (Å²) in [7, 11) is 0. The summed E-state index contributed by atoms with van der Waals surface area (Å²) in [6, 6.07) is -2.79. The van der Waals surface area contributed by atoms with Gasteiger partial charge in [-0.15, -0.1) is 0 Å². The third-order valence-electron chi connectivity index (χ3n) is 1.57. The number of carboxylic acid groups (broad SMARTS) is 1. The quantitative estimate of drug-likeness (QED) is 0.741. The SMILES string of the molecule is O=C(O)C1(C(F)(F)F)OC(F)=C(C(F)(F)F)O1.